The molecular formula is C16H32O3. The second kappa shape index (κ2) is 7.88. The van der Waals surface area contributed by atoms with Crippen molar-refractivity contribution in [1.82, 2.24) is 0 Å². The van der Waals surface area contributed by atoms with Crippen molar-refractivity contribution in [2.24, 2.45) is 16.7 Å². The molecule has 0 spiro atoms. The summed E-state index contributed by atoms with van der Waals surface area (Å²) in [6.07, 6.45) is 3.21. The van der Waals surface area contributed by atoms with Crippen LogP contribution in [-0.2, 0) is 14.6 Å². The highest BCUT2D eigenvalue weighted by Crippen LogP contribution is 2.42. The topological polar surface area (TPSA) is 35.5 Å². The molecule has 0 aromatic heterocycles. The molecule has 0 bridgehead atoms. The van der Waals surface area contributed by atoms with Gasteiger partial charge in [0.15, 0.2) is 0 Å². The van der Waals surface area contributed by atoms with Crippen LogP contribution >= 0.6 is 0 Å². The summed E-state index contributed by atoms with van der Waals surface area (Å²) in [5.74, 6) is 0.206. The number of carbonyl (C=O) groups is 1. The minimum Gasteiger partial charge on any atom is -0.298 e. The minimum absolute atomic E-state index is 0.182. The highest BCUT2D eigenvalue weighted by molar-refractivity contribution is 5.68. The lowest BCUT2D eigenvalue weighted by Gasteiger charge is -2.40. The number of hydrogen-bond acceptors (Lipinski definition) is 3. The van der Waals surface area contributed by atoms with Crippen molar-refractivity contribution < 1.29 is 14.6 Å². The molecule has 0 radical (unpaired) electrons. The number of unbranched alkanes of at least 4 members (excludes halogenated alkanes) is 1. The molecular weight excluding hydrogens is 240 g/mol. The Bertz CT molecular complexity index is 244. The first-order valence-electron chi connectivity index (χ1n) is 7.41. The molecule has 0 atom stereocenters. The molecule has 0 saturated heterocycles. The van der Waals surface area contributed by atoms with Gasteiger partial charge in [-0.15, -0.1) is 0 Å². The van der Waals surface area contributed by atoms with Crippen LogP contribution in [0.25, 0.3) is 0 Å². The Labute approximate surface area is 119 Å². The van der Waals surface area contributed by atoms with Crippen LogP contribution in [0.1, 0.15) is 74.1 Å². The monoisotopic (exact) mass is 272 g/mol. The van der Waals surface area contributed by atoms with Gasteiger partial charge in [0.25, 0.3) is 0 Å². The number of carbonyl (C=O) groups excluding carboxylic acids is 1. The predicted molar refractivity (Wildman–Crippen MR) is 78.6 cm³/mol. The lowest BCUT2D eigenvalue weighted by atomic mass is 9.65. The lowest BCUT2D eigenvalue weighted by molar-refractivity contribution is -0.273. The van der Waals surface area contributed by atoms with Gasteiger partial charge in [-0.05, 0) is 29.6 Å². The molecule has 3 nitrogen and oxygen atoms in total. The second-order valence-corrected chi connectivity index (χ2v) is 7.45. The van der Waals surface area contributed by atoms with Crippen LogP contribution in [0.15, 0.2) is 0 Å². The van der Waals surface area contributed by atoms with E-state index in [0.29, 0.717) is 18.9 Å². The quantitative estimate of drug-likeness (QED) is 0.381. The first kappa shape index (κ1) is 18.4. The maximum atomic E-state index is 11.6. The van der Waals surface area contributed by atoms with Crippen molar-refractivity contribution in [3.8, 4) is 0 Å². The molecule has 0 aliphatic heterocycles. The molecule has 0 amide bonds. The maximum absolute atomic E-state index is 11.6. The molecule has 0 N–H and O–H groups in total. The van der Waals surface area contributed by atoms with Crippen LogP contribution in [0.5, 0.6) is 0 Å². The van der Waals surface area contributed by atoms with Gasteiger partial charge in [0, 0.05) is 6.42 Å². The zero-order chi connectivity index (χ0) is 15.1. The minimum atomic E-state index is -0.255. The zero-order valence-corrected chi connectivity index (χ0v) is 13.8. The number of rotatable bonds is 7. The Morgan fingerprint density at radius 2 is 1.58 bits per heavy atom. The van der Waals surface area contributed by atoms with E-state index in [1.54, 1.807) is 0 Å². The third-order valence-corrected chi connectivity index (χ3v) is 3.46. The summed E-state index contributed by atoms with van der Waals surface area (Å²) >= 11 is 0. The third-order valence-electron chi connectivity index (χ3n) is 3.46. The molecule has 3 heteroatoms. The van der Waals surface area contributed by atoms with Crippen LogP contribution in [0.4, 0.5) is 0 Å². The molecule has 114 valence electrons. The van der Waals surface area contributed by atoms with Gasteiger partial charge in [-0.25, -0.2) is 4.79 Å². The standard InChI is InChI=1S/C16H32O3/c1-8-9-12-18-19-14(17)11-10-13(15(2,3)4)16(5,6)7/h13H,8-12H2,1-7H3. The van der Waals surface area contributed by atoms with E-state index < -0.39 is 0 Å². The smallest absolute Gasteiger partial charge is 0.298 e. The van der Waals surface area contributed by atoms with Crippen molar-refractivity contribution in [1.29, 1.82) is 0 Å². The first-order valence-corrected chi connectivity index (χ1v) is 7.41. The summed E-state index contributed by atoms with van der Waals surface area (Å²) in [7, 11) is 0. The molecule has 0 saturated carbocycles. The molecule has 0 unspecified atom stereocenters. The van der Waals surface area contributed by atoms with Gasteiger partial charge in [-0.2, -0.15) is 4.89 Å². The fourth-order valence-corrected chi connectivity index (χ4v) is 2.78. The Morgan fingerprint density at radius 3 is 2.00 bits per heavy atom. The fraction of sp³-hybridized carbons (Fsp3) is 0.938. The van der Waals surface area contributed by atoms with Gasteiger partial charge >= 0.3 is 5.97 Å². The molecule has 0 aromatic carbocycles. The summed E-state index contributed by atoms with van der Waals surface area (Å²) in [6, 6.07) is 0. The van der Waals surface area contributed by atoms with E-state index in [4.69, 9.17) is 9.78 Å². The first-order chi connectivity index (χ1) is 8.59. The average molecular weight is 272 g/mol. The van der Waals surface area contributed by atoms with E-state index in [-0.39, 0.29) is 16.8 Å². The van der Waals surface area contributed by atoms with E-state index in [9.17, 15) is 4.79 Å². The van der Waals surface area contributed by atoms with Crippen LogP contribution in [0.3, 0.4) is 0 Å². The van der Waals surface area contributed by atoms with E-state index in [2.05, 4.69) is 48.5 Å². The molecule has 0 aliphatic rings. The van der Waals surface area contributed by atoms with Crippen LogP contribution < -0.4 is 0 Å². The van der Waals surface area contributed by atoms with Crippen molar-refractivity contribution in [3.05, 3.63) is 0 Å². The molecule has 19 heavy (non-hydrogen) atoms. The van der Waals surface area contributed by atoms with E-state index in [1.807, 2.05) is 0 Å². The van der Waals surface area contributed by atoms with Gasteiger partial charge in [0.05, 0.1) is 6.61 Å². The van der Waals surface area contributed by atoms with Gasteiger partial charge in [0.2, 0.25) is 0 Å². The summed E-state index contributed by atoms with van der Waals surface area (Å²) in [5, 5.41) is 0. The Balaban J connectivity index is 4.16. The summed E-state index contributed by atoms with van der Waals surface area (Å²) in [4.78, 5) is 21.3. The van der Waals surface area contributed by atoms with Gasteiger partial charge in [-0.3, -0.25) is 4.89 Å². The molecule has 0 fully saturated rings. The molecule has 0 aromatic rings. The van der Waals surface area contributed by atoms with Crippen LogP contribution in [0, 0.1) is 16.7 Å². The summed E-state index contributed by atoms with van der Waals surface area (Å²) < 4.78 is 0. The molecule has 0 heterocycles. The summed E-state index contributed by atoms with van der Waals surface area (Å²) in [6.45, 7) is 15.9. The lowest BCUT2D eigenvalue weighted by Crippen LogP contribution is -2.33. The zero-order valence-electron chi connectivity index (χ0n) is 13.8. The van der Waals surface area contributed by atoms with E-state index in [0.717, 1.165) is 19.3 Å². The van der Waals surface area contributed by atoms with Gasteiger partial charge in [-0.1, -0.05) is 54.9 Å². The summed E-state index contributed by atoms with van der Waals surface area (Å²) in [5.41, 5.74) is 0.364. The van der Waals surface area contributed by atoms with Crippen LogP contribution in [-0.4, -0.2) is 12.6 Å². The van der Waals surface area contributed by atoms with Crippen molar-refractivity contribution in [2.75, 3.05) is 6.61 Å². The third kappa shape index (κ3) is 8.25. The second-order valence-electron chi connectivity index (χ2n) is 7.45. The van der Waals surface area contributed by atoms with E-state index >= 15 is 0 Å². The molecule has 0 rings (SSSR count). The predicted octanol–water partition coefficient (Wildman–Crippen LogP) is 4.75. The van der Waals surface area contributed by atoms with Crippen molar-refractivity contribution in [3.63, 3.8) is 0 Å². The van der Waals surface area contributed by atoms with Crippen LogP contribution in [0.2, 0.25) is 0 Å². The Morgan fingerprint density at radius 1 is 1.05 bits per heavy atom. The van der Waals surface area contributed by atoms with Gasteiger partial charge < -0.3 is 0 Å². The largest absolute Gasteiger partial charge is 0.342 e. The normalized spacial score (nSPS) is 12.8. The highest BCUT2D eigenvalue weighted by Gasteiger charge is 2.34. The van der Waals surface area contributed by atoms with Crippen molar-refractivity contribution >= 4 is 5.97 Å². The SMILES string of the molecule is CCCCOOC(=O)CCC(C(C)(C)C)C(C)(C)C. The maximum Gasteiger partial charge on any atom is 0.342 e. The fourth-order valence-electron chi connectivity index (χ4n) is 2.78. The van der Waals surface area contributed by atoms with E-state index in [1.165, 1.54) is 0 Å². The number of hydrogen-bond donors (Lipinski definition) is 0. The Hall–Kier alpha value is -0.570. The highest BCUT2D eigenvalue weighted by atomic mass is 17.2. The molecule has 0 aliphatic carbocycles. The van der Waals surface area contributed by atoms with Crippen molar-refractivity contribution in [2.45, 2.75) is 74.1 Å². The van der Waals surface area contributed by atoms with Gasteiger partial charge in [0.1, 0.15) is 0 Å². The average Bonchev–Trinajstić information content (AvgIpc) is 2.20. The Kier molecular flexibility index (Phi) is 7.65.